The Kier molecular flexibility index (Phi) is 4.06. The van der Waals surface area contributed by atoms with Crippen molar-refractivity contribution in [2.24, 2.45) is 0 Å². The van der Waals surface area contributed by atoms with Crippen LogP contribution in [0.4, 0.5) is 5.82 Å². The molecule has 88 valence electrons. The van der Waals surface area contributed by atoms with Crippen LogP contribution in [0.1, 0.15) is 5.56 Å². The third-order valence-corrected chi connectivity index (χ3v) is 3.69. The van der Waals surface area contributed by atoms with Gasteiger partial charge < -0.3 is 10.7 Å². The number of hydrogen-bond acceptors (Lipinski definition) is 4. The molecule has 0 fully saturated rings. The first-order valence-corrected chi connectivity index (χ1v) is 6.94. The summed E-state index contributed by atoms with van der Waals surface area (Å²) in [6.07, 6.45) is 0. The topological polar surface area (TPSA) is 71.8 Å². The molecule has 0 radical (unpaired) electrons. The SMILES string of the molecule is Nc1cc(=O)[nH]c(SCc2ccc(I)cc2)n1. The summed E-state index contributed by atoms with van der Waals surface area (Å²) in [5.41, 5.74) is 6.46. The van der Waals surface area contributed by atoms with Crippen LogP contribution in [0.5, 0.6) is 0 Å². The van der Waals surface area contributed by atoms with Crippen LogP contribution in [0.2, 0.25) is 0 Å². The number of anilines is 1. The number of nitrogen functional groups attached to an aromatic ring is 1. The Morgan fingerprint density at radius 2 is 2.06 bits per heavy atom. The van der Waals surface area contributed by atoms with Gasteiger partial charge in [-0.1, -0.05) is 23.9 Å². The van der Waals surface area contributed by atoms with E-state index < -0.39 is 0 Å². The summed E-state index contributed by atoms with van der Waals surface area (Å²) in [4.78, 5) is 17.9. The quantitative estimate of drug-likeness (QED) is 0.501. The summed E-state index contributed by atoms with van der Waals surface area (Å²) in [7, 11) is 0. The van der Waals surface area contributed by atoms with E-state index in [1.54, 1.807) is 0 Å². The van der Waals surface area contributed by atoms with Crippen molar-refractivity contribution in [2.75, 3.05) is 5.73 Å². The normalized spacial score (nSPS) is 10.4. The van der Waals surface area contributed by atoms with Crippen molar-refractivity contribution < 1.29 is 0 Å². The zero-order valence-electron chi connectivity index (χ0n) is 8.81. The second-order valence-corrected chi connectivity index (χ2v) is 5.60. The highest BCUT2D eigenvalue weighted by Crippen LogP contribution is 2.19. The largest absolute Gasteiger partial charge is 0.383 e. The van der Waals surface area contributed by atoms with Gasteiger partial charge in [0.1, 0.15) is 5.82 Å². The number of thioether (sulfide) groups is 1. The first-order chi connectivity index (χ1) is 8.13. The average molecular weight is 359 g/mol. The van der Waals surface area contributed by atoms with E-state index in [0.717, 1.165) is 5.75 Å². The van der Waals surface area contributed by atoms with Gasteiger partial charge in [0.15, 0.2) is 5.16 Å². The first-order valence-electron chi connectivity index (χ1n) is 4.87. The monoisotopic (exact) mass is 359 g/mol. The smallest absolute Gasteiger partial charge is 0.253 e. The van der Waals surface area contributed by atoms with Gasteiger partial charge in [0, 0.05) is 15.4 Å². The zero-order chi connectivity index (χ0) is 12.3. The zero-order valence-corrected chi connectivity index (χ0v) is 11.8. The predicted molar refractivity (Wildman–Crippen MR) is 78.0 cm³/mol. The molecule has 2 rings (SSSR count). The van der Waals surface area contributed by atoms with Gasteiger partial charge in [-0.15, -0.1) is 0 Å². The molecule has 0 unspecified atom stereocenters. The van der Waals surface area contributed by atoms with Crippen LogP contribution < -0.4 is 11.3 Å². The number of hydrogen-bond donors (Lipinski definition) is 2. The Balaban J connectivity index is 2.07. The molecule has 4 nitrogen and oxygen atoms in total. The van der Waals surface area contributed by atoms with Crippen LogP contribution in [0.15, 0.2) is 40.3 Å². The summed E-state index contributed by atoms with van der Waals surface area (Å²) < 4.78 is 1.20. The van der Waals surface area contributed by atoms with Gasteiger partial charge in [-0.3, -0.25) is 4.79 Å². The molecule has 0 spiro atoms. The number of nitrogens with two attached hydrogens (primary N) is 1. The van der Waals surface area contributed by atoms with E-state index in [4.69, 9.17) is 5.73 Å². The molecule has 0 atom stereocenters. The molecule has 6 heteroatoms. The first kappa shape index (κ1) is 12.4. The number of aromatic nitrogens is 2. The number of nitrogens with zero attached hydrogens (tertiary/aromatic N) is 1. The van der Waals surface area contributed by atoms with Gasteiger partial charge in [-0.25, -0.2) is 4.98 Å². The summed E-state index contributed by atoms with van der Waals surface area (Å²) in [5, 5.41) is 0.550. The molecule has 0 saturated heterocycles. The molecule has 3 N–H and O–H groups in total. The second-order valence-electron chi connectivity index (χ2n) is 3.39. The maximum absolute atomic E-state index is 11.2. The number of rotatable bonds is 3. The van der Waals surface area contributed by atoms with Crippen molar-refractivity contribution in [3.05, 3.63) is 49.8 Å². The summed E-state index contributed by atoms with van der Waals surface area (Å²) in [6.45, 7) is 0. The van der Waals surface area contributed by atoms with Crippen LogP contribution in [0.3, 0.4) is 0 Å². The van der Waals surface area contributed by atoms with E-state index >= 15 is 0 Å². The van der Waals surface area contributed by atoms with Crippen LogP contribution in [-0.4, -0.2) is 9.97 Å². The Hall–Kier alpha value is -1.02. The number of benzene rings is 1. The van der Waals surface area contributed by atoms with E-state index in [2.05, 4.69) is 44.7 Å². The van der Waals surface area contributed by atoms with Crippen molar-refractivity contribution >= 4 is 40.2 Å². The fourth-order valence-corrected chi connectivity index (χ4v) is 2.45. The molecule has 0 aliphatic carbocycles. The van der Waals surface area contributed by atoms with Crippen molar-refractivity contribution in [3.8, 4) is 0 Å². The summed E-state index contributed by atoms with van der Waals surface area (Å²) in [5.74, 6) is 1.00. The lowest BCUT2D eigenvalue weighted by atomic mass is 10.2. The number of H-pyrrole nitrogens is 1. The molecular formula is C11H10IN3OS. The van der Waals surface area contributed by atoms with E-state index in [9.17, 15) is 4.79 Å². The third-order valence-electron chi connectivity index (χ3n) is 2.03. The van der Waals surface area contributed by atoms with E-state index in [0.29, 0.717) is 5.16 Å². The Labute approximate surface area is 116 Å². The minimum Gasteiger partial charge on any atom is -0.383 e. The molecule has 1 aromatic heterocycles. The van der Waals surface area contributed by atoms with Crippen LogP contribution in [-0.2, 0) is 5.75 Å². The highest BCUT2D eigenvalue weighted by atomic mass is 127. The number of halogens is 1. The number of nitrogens with one attached hydrogen (secondary N) is 1. The molecule has 0 aliphatic rings. The van der Waals surface area contributed by atoms with Crippen LogP contribution in [0.25, 0.3) is 0 Å². The average Bonchev–Trinajstić information content (AvgIpc) is 2.27. The lowest BCUT2D eigenvalue weighted by Gasteiger charge is -2.02. The molecule has 1 aromatic carbocycles. The lowest BCUT2D eigenvalue weighted by Crippen LogP contribution is -2.09. The maximum atomic E-state index is 11.2. The summed E-state index contributed by atoms with van der Waals surface area (Å²) >= 11 is 3.72. The minimum atomic E-state index is -0.220. The lowest BCUT2D eigenvalue weighted by molar-refractivity contribution is 0.945. The minimum absolute atomic E-state index is 0.220. The Morgan fingerprint density at radius 1 is 1.35 bits per heavy atom. The third kappa shape index (κ3) is 3.74. The molecule has 0 amide bonds. The van der Waals surface area contributed by atoms with Crippen molar-refractivity contribution in [2.45, 2.75) is 10.9 Å². The highest BCUT2D eigenvalue weighted by Gasteiger charge is 2.00. The van der Waals surface area contributed by atoms with E-state index in [-0.39, 0.29) is 11.4 Å². The predicted octanol–water partition coefficient (Wildman–Crippen LogP) is 2.25. The fourth-order valence-electron chi connectivity index (χ4n) is 1.25. The Bertz CT molecular complexity index is 568. The van der Waals surface area contributed by atoms with Gasteiger partial charge in [-0.05, 0) is 40.3 Å². The van der Waals surface area contributed by atoms with Crippen LogP contribution >= 0.6 is 34.4 Å². The fraction of sp³-hybridized carbons (Fsp3) is 0.0909. The number of aromatic amines is 1. The molecule has 17 heavy (non-hydrogen) atoms. The molecule has 0 aliphatic heterocycles. The maximum Gasteiger partial charge on any atom is 0.253 e. The molecule has 2 aromatic rings. The van der Waals surface area contributed by atoms with Gasteiger partial charge in [0.2, 0.25) is 0 Å². The van der Waals surface area contributed by atoms with Crippen molar-refractivity contribution in [3.63, 3.8) is 0 Å². The van der Waals surface area contributed by atoms with E-state index in [1.807, 2.05) is 12.1 Å². The van der Waals surface area contributed by atoms with E-state index in [1.165, 1.54) is 27.0 Å². The molecule has 1 heterocycles. The van der Waals surface area contributed by atoms with Gasteiger partial charge in [0.05, 0.1) is 0 Å². The van der Waals surface area contributed by atoms with Crippen molar-refractivity contribution in [1.29, 1.82) is 0 Å². The molecule has 0 bridgehead atoms. The molecule has 0 saturated carbocycles. The van der Waals surface area contributed by atoms with Crippen LogP contribution in [0, 0.1) is 3.57 Å². The summed E-state index contributed by atoms with van der Waals surface area (Å²) in [6, 6.07) is 9.48. The van der Waals surface area contributed by atoms with Gasteiger partial charge >= 0.3 is 0 Å². The van der Waals surface area contributed by atoms with Gasteiger partial charge in [0.25, 0.3) is 5.56 Å². The van der Waals surface area contributed by atoms with Crippen molar-refractivity contribution in [1.82, 2.24) is 9.97 Å². The highest BCUT2D eigenvalue weighted by molar-refractivity contribution is 14.1. The molecular weight excluding hydrogens is 349 g/mol. The standard InChI is InChI=1S/C11H10IN3OS/c12-8-3-1-7(2-4-8)6-17-11-14-9(13)5-10(16)15-11/h1-5H,6H2,(H3,13,14,15,16). The Morgan fingerprint density at radius 3 is 2.71 bits per heavy atom. The van der Waals surface area contributed by atoms with Gasteiger partial charge in [-0.2, -0.15) is 0 Å². The second kappa shape index (κ2) is 5.54.